The number of hydrogen-bond acceptors (Lipinski definition) is 5. The summed E-state index contributed by atoms with van der Waals surface area (Å²) in [5, 5.41) is 7.36. The molecule has 0 saturated carbocycles. The largest absolute Gasteiger partial charge is 0.338 e. The maximum atomic E-state index is 5.18. The highest BCUT2D eigenvalue weighted by molar-refractivity contribution is 4.85. The van der Waals surface area contributed by atoms with Crippen molar-refractivity contribution in [2.75, 3.05) is 19.6 Å². The number of nitrogens with one attached hydrogen (secondary N) is 1. The van der Waals surface area contributed by atoms with Crippen LogP contribution >= 0.6 is 0 Å². The lowest BCUT2D eigenvalue weighted by Crippen LogP contribution is -2.37. The van der Waals surface area contributed by atoms with Crippen molar-refractivity contribution in [2.24, 2.45) is 0 Å². The zero-order valence-electron chi connectivity index (χ0n) is 10.8. The van der Waals surface area contributed by atoms with Gasteiger partial charge < -0.3 is 9.84 Å². The van der Waals surface area contributed by atoms with Crippen molar-refractivity contribution in [2.45, 2.75) is 45.7 Å². The number of hydrogen-bond donors (Lipinski definition) is 1. The van der Waals surface area contributed by atoms with Gasteiger partial charge in [0.15, 0.2) is 5.82 Å². The monoisotopic (exact) mass is 238 g/mol. The van der Waals surface area contributed by atoms with Gasteiger partial charge in [-0.2, -0.15) is 4.98 Å². The van der Waals surface area contributed by atoms with Crippen molar-refractivity contribution < 1.29 is 4.52 Å². The molecule has 5 heteroatoms. The third-order valence-electron chi connectivity index (χ3n) is 3.11. The minimum absolute atomic E-state index is 0.630. The number of aryl methyl sites for hydroxylation is 1. The molecule has 1 atom stereocenters. The first kappa shape index (κ1) is 12.5. The van der Waals surface area contributed by atoms with E-state index in [1.165, 1.54) is 12.8 Å². The summed E-state index contributed by atoms with van der Waals surface area (Å²) in [5.74, 6) is 1.45. The molecule has 1 fully saturated rings. The van der Waals surface area contributed by atoms with E-state index >= 15 is 0 Å². The molecule has 2 rings (SSSR count). The van der Waals surface area contributed by atoms with Gasteiger partial charge in [-0.1, -0.05) is 12.1 Å². The van der Waals surface area contributed by atoms with Gasteiger partial charge in [0.05, 0.1) is 6.54 Å². The van der Waals surface area contributed by atoms with E-state index in [1.54, 1.807) is 0 Å². The molecule has 2 heterocycles. The molecule has 96 valence electrons. The standard InChI is InChI=1S/C12H22N4O/c1-3-7-16(8-11-5-4-6-13-11)9-12-14-10(2)15-17-12/h11,13H,3-9H2,1-2H3. The predicted molar refractivity (Wildman–Crippen MR) is 65.6 cm³/mol. The van der Waals surface area contributed by atoms with Crippen molar-refractivity contribution in [3.63, 3.8) is 0 Å². The van der Waals surface area contributed by atoms with Gasteiger partial charge in [-0.25, -0.2) is 0 Å². The van der Waals surface area contributed by atoms with Crippen LogP contribution in [0.1, 0.15) is 37.9 Å². The van der Waals surface area contributed by atoms with Crippen LogP contribution in [0.5, 0.6) is 0 Å². The molecule has 17 heavy (non-hydrogen) atoms. The average molecular weight is 238 g/mol. The minimum Gasteiger partial charge on any atom is -0.338 e. The Morgan fingerprint density at radius 3 is 3.00 bits per heavy atom. The van der Waals surface area contributed by atoms with Crippen LogP contribution in [0.2, 0.25) is 0 Å². The molecule has 0 radical (unpaired) electrons. The molecule has 1 aromatic heterocycles. The topological polar surface area (TPSA) is 54.2 Å². The second-order valence-electron chi connectivity index (χ2n) is 4.76. The number of nitrogens with zero attached hydrogens (tertiary/aromatic N) is 3. The van der Waals surface area contributed by atoms with Crippen LogP contribution in [0.4, 0.5) is 0 Å². The Balaban J connectivity index is 1.87. The summed E-state index contributed by atoms with van der Waals surface area (Å²) < 4.78 is 5.18. The van der Waals surface area contributed by atoms with Gasteiger partial charge >= 0.3 is 0 Å². The van der Waals surface area contributed by atoms with Crippen LogP contribution in [0.15, 0.2) is 4.52 Å². The van der Waals surface area contributed by atoms with E-state index in [-0.39, 0.29) is 0 Å². The van der Waals surface area contributed by atoms with E-state index in [0.717, 1.165) is 44.3 Å². The van der Waals surface area contributed by atoms with Gasteiger partial charge in [-0.3, -0.25) is 4.90 Å². The first-order valence-electron chi connectivity index (χ1n) is 6.53. The molecular weight excluding hydrogens is 216 g/mol. The normalized spacial score (nSPS) is 20.3. The Kier molecular flexibility index (Phi) is 4.50. The van der Waals surface area contributed by atoms with Gasteiger partial charge in [0.25, 0.3) is 0 Å². The molecule has 0 bridgehead atoms. The average Bonchev–Trinajstić information content (AvgIpc) is 2.91. The van der Waals surface area contributed by atoms with Gasteiger partial charge in [0.1, 0.15) is 0 Å². The molecular formula is C12H22N4O. The van der Waals surface area contributed by atoms with E-state index < -0.39 is 0 Å². The first-order valence-corrected chi connectivity index (χ1v) is 6.53. The van der Waals surface area contributed by atoms with Gasteiger partial charge in [0.2, 0.25) is 5.89 Å². The molecule has 0 spiro atoms. The number of rotatable bonds is 6. The maximum Gasteiger partial charge on any atom is 0.240 e. The van der Waals surface area contributed by atoms with E-state index in [1.807, 2.05) is 6.92 Å². The van der Waals surface area contributed by atoms with E-state index in [4.69, 9.17) is 4.52 Å². The Labute approximate surface area is 103 Å². The second kappa shape index (κ2) is 6.12. The highest BCUT2D eigenvalue weighted by Gasteiger charge is 2.19. The lowest BCUT2D eigenvalue weighted by Gasteiger charge is -2.23. The summed E-state index contributed by atoms with van der Waals surface area (Å²) in [4.78, 5) is 6.67. The quantitative estimate of drug-likeness (QED) is 0.810. The summed E-state index contributed by atoms with van der Waals surface area (Å²) in [6.45, 7) is 8.15. The van der Waals surface area contributed by atoms with Crippen molar-refractivity contribution in [3.05, 3.63) is 11.7 Å². The summed E-state index contributed by atoms with van der Waals surface area (Å²) in [7, 11) is 0. The predicted octanol–water partition coefficient (Wildman–Crippen LogP) is 1.34. The number of aromatic nitrogens is 2. The van der Waals surface area contributed by atoms with Gasteiger partial charge in [0, 0.05) is 12.6 Å². The molecule has 5 nitrogen and oxygen atoms in total. The van der Waals surface area contributed by atoms with Gasteiger partial charge in [-0.05, 0) is 39.3 Å². The highest BCUT2D eigenvalue weighted by atomic mass is 16.5. The van der Waals surface area contributed by atoms with Crippen LogP contribution in [-0.2, 0) is 6.54 Å². The highest BCUT2D eigenvalue weighted by Crippen LogP contribution is 2.10. The molecule has 1 N–H and O–H groups in total. The maximum absolute atomic E-state index is 5.18. The van der Waals surface area contributed by atoms with Gasteiger partial charge in [-0.15, -0.1) is 0 Å². The smallest absolute Gasteiger partial charge is 0.240 e. The fourth-order valence-electron chi connectivity index (χ4n) is 2.37. The molecule has 1 aliphatic heterocycles. The zero-order chi connectivity index (χ0) is 12.1. The van der Waals surface area contributed by atoms with Crippen molar-refractivity contribution in [3.8, 4) is 0 Å². The Hall–Kier alpha value is -0.940. The van der Waals surface area contributed by atoms with Crippen LogP contribution in [0.3, 0.4) is 0 Å². The molecule has 1 aromatic rings. The molecule has 0 aromatic carbocycles. The Morgan fingerprint density at radius 2 is 2.41 bits per heavy atom. The Bertz CT molecular complexity index is 333. The molecule has 1 saturated heterocycles. The van der Waals surface area contributed by atoms with E-state index in [0.29, 0.717) is 6.04 Å². The first-order chi connectivity index (χ1) is 8.28. The molecule has 0 aliphatic carbocycles. The second-order valence-corrected chi connectivity index (χ2v) is 4.76. The van der Waals surface area contributed by atoms with E-state index in [9.17, 15) is 0 Å². The minimum atomic E-state index is 0.630. The fraction of sp³-hybridized carbons (Fsp3) is 0.833. The fourth-order valence-corrected chi connectivity index (χ4v) is 2.37. The zero-order valence-corrected chi connectivity index (χ0v) is 10.8. The molecule has 1 unspecified atom stereocenters. The summed E-state index contributed by atoms with van der Waals surface area (Å²) in [6, 6.07) is 0.630. The summed E-state index contributed by atoms with van der Waals surface area (Å²) in [6.07, 6.45) is 3.73. The summed E-state index contributed by atoms with van der Waals surface area (Å²) in [5.41, 5.74) is 0. The van der Waals surface area contributed by atoms with Crippen molar-refractivity contribution in [1.82, 2.24) is 20.4 Å². The summed E-state index contributed by atoms with van der Waals surface area (Å²) >= 11 is 0. The SMILES string of the molecule is CCCN(Cc1nc(C)no1)CC1CCCN1. The molecule has 1 aliphatic rings. The van der Waals surface area contributed by atoms with Crippen LogP contribution in [-0.4, -0.2) is 40.7 Å². The molecule has 0 amide bonds. The van der Waals surface area contributed by atoms with Crippen LogP contribution < -0.4 is 5.32 Å². The van der Waals surface area contributed by atoms with Crippen LogP contribution in [0.25, 0.3) is 0 Å². The van der Waals surface area contributed by atoms with Crippen LogP contribution in [0, 0.1) is 6.92 Å². The van der Waals surface area contributed by atoms with E-state index in [2.05, 4.69) is 27.3 Å². The lowest BCUT2D eigenvalue weighted by atomic mass is 10.2. The Morgan fingerprint density at radius 1 is 1.53 bits per heavy atom. The lowest BCUT2D eigenvalue weighted by molar-refractivity contribution is 0.209. The van der Waals surface area contributed by atoms with Crippen molar-refractivity contribution in [1.29, 1.82) is 0 Å². The third-order valence-corrected chi connectivity index (χ3v) is 3.11. The third kappa shape index (κ3) is 3.78. The van der Waals surface area contributed by atoms with Crippen molar-refractivity contribution >= 4 is 0 Å².